The summed E-state index contributed by atoms with van der Waals surface area (Å²) in [7, 11) is 0. The number of carbonyl (C=O) groups is 1. The number of hydrogen-bond acceptors (Lipinski definition) is 6. The molecule has 0 saturated carbocycles. The molecule has 2 aromatic heterocycles. The van der Waals surface area contributed by atoms with E-state index in [4.69, 9.17) is 0 Å². The average molecular weight is 381 g/mol. The molecule has 0 radical (unpaired) electrons. The number of hydrogen-bond donors (Lipinski definition) is 1. The van der Waals surface area contributed by atoms with Crippen molar-refractivity contribution in [2.75, 3.05) is 18.0 Å². The smallest absolute Gasteiger partial charge is 0.225 e. The third kappa shape index (κ3) is 4.13. The number of benzene rings is 1. The number of anilines is 1. The predicted octanol–water partition coefficient (Wildman–Crippen LogP) is 1.73. The van der Waals surface area contributed by atoms with E-state index in [1.54, 1.807) is 23.1 Å². The van der Waals surface area contributed by atoms with Gasteiger partial charge in [-0.1, -0.05) is 12.1 Å². The summed E-state index contributed by atoms with van der Waals surface area (Å²) in [4.78, 5) is 18.5. The van der Waals surface area contributed by atoms with Crippen LogP contribution in [-0.2, 0) is 11.3 Å². The first kappa shape index (κ1) is 18.0. The van der Waals surface area contributed by atoms with Crippen LogP contribution < -0.4 is 10.2 Å². The van der Waals surface area contributed by atoms with E-state index in [-0.39, 0.29) is 17.6 Å². The Morgan fingerprint density at radius 2 is 1.93 bits per heavy atom. The number of nitrogens with one attached hydrogen (secondary N) is 1. The van der Waals surface area contributed by atoms with E-state index in [1.807, 2.05) is 12.1 Å². The molecule has 8 nitrogen and oxygen atoms in total. The van der Waals surface area contributed by atoms with Gasteiger partial charge in [0.25, 0.3) is 0 Å². The lowest BCUT2D eigenvalue weighted by Crippen LogP contribution is -2.43. The van der Waals surface area contributed by atoms with E-state index in [1.165, 1.54) is 18.5 Å². The van der Waals surface area contributed by atoms with Crippen molar-refractivity contribution < 1.29 is 9.18 Å². The van der Waals surface area contributed by atoms with Crippen molar-refractivity contribution in [2.24, 2.45) is 5.92 Å². The Morgan fingerprint density at radius 3 is 2.64 bits per heavy atom. The molecule has 1 saturated heterocycles. The first-order valence-corrected chi connectivity index (χ1v) is 9.15. The fourth-order valence-corrected chi connectivity index (χ4v) is 3.27. The Morgan fingerprint density at radius 1 is 1.14 bits per heavy atom. The highest BCUT2D eigenvalue weighted by molar-refractivity contribution is 5.79. The maximum absolute atomic E-state index is 13.0. The molecule has 3 heterocycles. The van der Waals surface area contributed by atoms with Crippen molar-refractivity contribution in [3.8, 4) is 5.82 Å². The summed E-state index contributed by atoms with van der Waals surface area (Å²) in [6.45, 7) is 1.81. The molecule has 9 heteroatoms. The van der Waals surface area contributed by atoms with Crippen molar-refractivity contribution in [1.29, 1.82) is 0 Å². The summed E-state index contributed by atoms with van der Waals surface area (Å²) in [5, 5.41) is 15.4. The zero-order valence-corrected chi connectivity index (χ0v) is 15.2. The molecule has 1 N–H and O–H groups in total. The number of amides is 1. The Hall–Kier alpha value is -3.36. The van der Waals surface area contributed by atoms with Gasteiger partial charge in [-0.2, -0.15) is 5.10 Å². The van der Waals surface area contributed by atoms with Gasteiger partial charge in [0.05, 0.1) is 5.92 Å². The maximum atomic E-state index is 13.0. The lowest BCUT2D eigenvalue weighted by Gasteiger charge is -2.32. The van der Waals surface area contributed by atoms with E-state index >= 15 is 0 Å². The first-order valence-electron chi connectivity index (χ1n) is 9.15. The largest absolute Gasteiger partial charge is 0.354 e. The van der Waals surface area contributed by atoms with Gasteiger partial charge >= 0.3 is 0 Å². The van der Waals surface area contributed by atoms with Crippen LogP contribution in [0.5, 0.6) is 0 Å². The minimum atomic E-state index is -0.283. The molecule has 144 valence electrons. The molecule has 4 rings (SSSR count). The van der Waals surface area contributed by atoms with Crippen molar-refractivity contribution in [3.63, 3.8) is 0 Å². The molecule has 1 aliphatic heterocycles. The summed E-state index contributed by atoms with van der Waals surface area (Å²) in [5.41, 5.74) is 0.872. The Balaban J connectivity index is 1.35. The topological polar surface area (TPSA) is 88.8 Å². The quantitative estimate of drug-likeness (QED) is 0.724. The van der Waals surface area contributed by atoms with Crippen LogP contribution in [0.3, 0.4) is 0 Å². The standard InChI is InChI=1S/C19H20FN7O/c20-16-5-3-14(4-6-16)10-22-19(28)15-2-1-9-26(11-15)17-7-8-18(25-24-17)27-13-21-12-23-27/h3-8,12-13,15H,1-2,9-11H2,(H,22,28). The molecule has 28 heavy (non-hydrogen) atoms. The van der Waals surface area contributed by atoms with Crippen molar-refractivity contribution in [2.45, 2.75) is 19.4 Å². The van der Waals surface area contributed by atoms with Gasteiger partial charge in [0.15, 0.2) is 11.6 Å². The first-order chi connectivity index (χ1) is 13.7. The van der Waals surface area contributed by atoms with Gasteiger partial charge in [0, 0.05) is 19.6 Å². The average Bonchev–Trinajstić information content (AvgIpc) is 3.28. The van der Waals surface area contributed by atoms with Gasteiger partial charge in [-0.3, -0.25) is 4.79 Å². The number of carbonyl (C=O) groups excluding carboxylic acids is 1. The monoisotopic (exact) mass is 381 g/mol. The Labute approximate surface area is 161 Å². The molecule has 1 unspecified atom stereocenters. The minimum absolute atomic E-state index is 0.00113. The molecule has 0 bridgehead atoms. The summed E-state index contributed by atoms with van der Waals surface area (Å²) in [5.74, 6) is 0.924. The zero-order chi connectivity index (χ0) is 19.3. The molecule has 1 aliphatic rings. The highest BCUT2D eigenvalue weighted by Gasteiger charge is 2.26. The van der Waals surface area contributed by atoms with Gasteiger partial charge in [-0.15, -0.1) is 10.2 Å². The number of halogens is 1. The van der Waals surface area contributed by atoms with Crippen LogP contribution >= 0.6 is 0 Å². The van der Waals surface area contributed by atoms with Gasteiger partial charge in [-0.05, 0) is 42.7 Å². The molecular formula is C19H20FN7O. The zero-order valence-electron chi connectivity index (χ0n) is 15.2. The van der Waals surface area contributed by atoms with E-state index in [9.17, 15) is 9.18 Å². The van der Waals surface area contributed by atoms with Gasteiger partial charge < -0.3 is 10.2 Å². The molecule has 3 aromatic rings. The summed E-state index contributed by atoms with van der Waals surface area (Å²) < 4.78 is 14.5. The number of nitrogens with zero attached hydrogens (tertiary/aromatic N) is 6. The Bertz CT molecular complexity index is 912. The van der Waals surface area contributed by atoms with Crippen LogP contribution in [0.1, 0.15) is 18.4 Å². The number of rotatable bonds is 5. The predicted molar refractivity (Wildman–Crippen MR) is 100 cm³/mol. The van der Waals surface area contributed by atoms with Gasteiger partial charge in [0.2, 0.25) is 5.91 Å². The van der Waals surface area contributed by atoms with E-state index in [2.05, 4.69) is 30.5 Å². The fraction of sp³-hybridized carbons (Fsp3) is 0.316. The second kappa shape index (κ2) is 8.12. The summed E-state index contributed by atoms with van der Waals surface area (Å²) in [6, 6.07) is 9.85. The highest BCUT2D eigenvalue weighted by Crippen LogP contribution is 2.22. The highest BCUT2D eigenvalue weighted by atomic mass is 19.1. The minimum Gasteiger partial charge on any atom is -0.354 e. The van der Waals surface area contributed by atoms with Crippen LogP contribution in [0.2, 0.25) is 0 Å². The number of aromatic nitrogens is 5. The molecule has 1 atom stereocenters. The molecular weight excluding hydrogens is 361 g/mol. The lowest BCUT2D eigenvalue weighted by molar-refractivity contribution is -0.125. The third-order valence-electron chi connectivity index (χ3n) is 4.79. The van der Waals surface area contributed by atoms with Gasteiger partial charge in [-0.25, -0.2) is 14.1 Å². The van der Waals surface area contributed by atoms with Crippen LogP contribution in [0.4, 0.5) is 10.2 Å². The second-order valence-corrected chi connectivity index (χ2v) is 6.72. The lowest BCUT2D eigenvalue weighted by atomic mass is 9.97. The normalized spacial score (nSPS) is 16.8. The van der Waals surface area contributed by atoms with Crippen LogP contribution in [-0.4, -0.2) is 44.0 Å². The van der Waals surface area contributed by atoms with E-state index in [0.29, 0.717) is 18.9 Å². The van der Waals surface area contributed by atoms with Gasteiger partial charge in [0.1, 0.15) is 18.5 Å². The fourth-order valence-electron chi connectivity index (χ4n) is 3.27. The summed E-state index contributed by atoms with van der Waals surface area (Å²) in [6.07, 6.45) is 4.73. The molecule has 0 aliphatic carbocycles. The van der Waals surface area contributed by atoms with E-state index in [0.717, 1.165) is 30.8 Å². The molecule has 0 spiro atoms. The summed E-state index contributed by atoms with van der Waals surface area (Å²) >= 11 is 0. The van der Waals surface area contributed by atoms with Crippen molar-refractivity contribution >= 4 is 11.7 Å². The van der Waals surface area contributed by atoms with Crippen LogP contribution in [0.25, 0.3) is 5.82 Å². The second-order valence-electron chi connectivity index (χ2n) is 6.72. The Kier molecular flexibility index (Phi) is 5.22. The van der Waals surface area contributed by atoms with E-state index < -0.39 is 0 Å². The van der Waals surface area contributed by atoms with Crippen molar-refractivity contribution in [3.05, 3.63) is 60.4 Å². The number of piperidine rings is 1. The van der Waals surface area contributed by atoms with Crippen LogP contribution in [0.15, 0.2) is 49.1 Å². The molecule has 1 amide bonds. The maximum Gasteiger partial charge on any atom is 0.225 e. The van der Waals surface area contributed by atoms with Crippen LogP contribution in [0, 0.1) is 11.7 Å². The molecule has 1 aromatic carbocycles. The SMILES string of the molecule is O=C(NCc1ccc(F)cc1)C1CCCN(c2ccc(-n3cncn3)nn2)C1. The van der Waals surface area contributed by atoms with Crippen molar-refractivity contribution in [1.82, 2.24) is 30.3 Å². The third-order valence-corrected chi connectivity index (χ3v) is 4.79. The molecule has 1 fully saturated rings.